The fraction of sp³-hybridized carbons (Fsp3) is 0.0526. The van der Waals surface area contributed by atoms with Gasteiger partial charge in [0.2, 0.25) is 5.95 Å². The van der Waals surface area contributed by atoms with Crippen molar-refractivity contribution >= 4 is 23.3 Å². The van der Waals surface area contributed by atoms with Crippen molar-refractivity contribution in [1.29, 1.82) is 0 Å². The number of primary amides is 1. The summed E-state index contributed by atoms with van der Waals surface area (Å²) in [6, 6.07) is 13.2. The molecule has 0 spiro atoms. The van der Waals surface area contributed by atoms with Crippen LogP contribution in [0.4, 0.5) is 11.8 Å². The number of pyridine rings is 1. The minimum absolute atomic E-state index is 0.295. The summed E-state index contributed by atoms with van der Waals surface area (Å²) >= 11 is 0. The Kier molecular flexibility index (Phi) is 3.81. The van der Waals surface area contributed by atoms with E-state index >= 15 is 0 Å². The molecule has 0 fully saturated rings. The predicted octanol–water partition coefficient (Wildman–Crippen LogP) is 2.94. The zero-order valence-electron chi connectivity index (χ0n) is 14.0. The molecule has 0 bridgehead atoms. The monoisotopic (exact) mass is 344 g/mol. The van der Waals surface area contributed by atoms with Crippen LogP contribution in [-0.2, 0) is 0 Å². The molecular weight excluding hydrogens is 328 g/mol. The maximum atomic E-state index is 11.7. The Morgan fingerprint density at radius 1 is 1.12 bits per heavy atom. The molecule has 0 saturated carbocycles. The largest absolute Gasteiger partial charge is 0.365 e. The molecule has 1 aromatic carbocycles. The number of anilines is 2. The first-order valence-corrected chi connectivity index (χ1v) is 8.05. The van der Waals surface area contributed by atoms with Crippen molar-refractivity contribution in [3.63, 3.8) is 0 Å². The molecule has 0 saturated heterocycles. The minimum Gasteiger partial charge on any atom is -0.365 e. The molecule has 3 N–H and O–H groups in total. The van der Waals surface area contributed by atoms with E-state index < -0.39 is 5.91 Å². The number of aryl methyl sites for hydroxylation is 1. The summed E-state index contributed by atoms with van der Waals surface area (Å²) in [5.41, 5.74) is 9.37. The van der Waals surface area contributed by atoms with E-state index in [-0.39, 0.29) is 0 Å². The van der Waals surface area contributed by atoms with Gasteiger partial charge >= 0.3 is 0 Å². The summed E-state index contributed by atoms with van der Waals surface area (Å²) in [7, 11) is 0. The Balaban J connectivity index is 1.87. The van der Waals surface area contributed by atoms with E-state index in [0.717, 1.165) is 22.5 Å². The van der Waals surface area contributed by atoms with E-state index in [2.05, 4.69) is 15.3 Å². The average Bonchev–Trinajstić information content (AvgIpc) is 3.11. The van der Waals surface area contributed by atoms with E-state index in [4.69, 9.17) is 10.7 Å². The van der Waals surface area contributed by atoms with Crippen molar-refractivity contribution in [2.24, 2.45) is 5.73 Å². The second-order valence-electron chi connectivity index (χ2n) is 5.82. The highest BCUT2D eigenvalue weighted by atomic mass is 16.1. The molecular formula is C19H16N6O. The van der Waals surface area contributed by atoms with E-state index in [1.807, 2.05) is 37.3 Å². The quantitative estimate of drug-likeness (QED) is 0.593. The van der Waals surface area contributed by atoms with Crippen molar-refractivity contribution in [3.05, 3.63) is 72.2 Å². The van der Waals surface area contributed by atoms with E-state index in [1.54, 1.807) is 35.1 Å². The number of carbonyl (C=O) groups excluding carboxylic acids is 1. The Hall–Kier alpha value is -3.74. The van der Waals surface area contributed by atoms with Crippen LogP contribution in [0.2, 0.25) is 0 Å². The van der Waals surface area contributed by atoms with Gasteiger partial charge in [0, 0.05) is 30.2 Å². The van der Waals surface area contributed by atoms with Gasteiger partial charge in [0.25, 0.3) is 5.91 Å². The molecule has 0 aliphatic heterocycles. The number of fused-ring (bicyclic) bond motifs is 1. The van der Waals surface area contributed by atoms with Crippen LogP contribution < -0.4 is 11.1 Å². The molecule has 0 aliphatic carbocycles. The molecule has 7 nitrogen and oxygen atoms in total. The first kappa shape index (κ1) is 15.8. The standard InChI is InChI=1S/C19H16N6O/c1-12-5-2-3-6-13(12)15-11-16-21-9-10-25(16)19(23-15)24-18-14(17(20)26)7-4-8-22-18/h2-11H,1H3,(H2,20,26)(H,22,23,24). The lowest BCUT2D eigenvalue weighted by molar-refractivity contribution is 0.100. The molecule has 1 amide bonds. The SMILES string of the molecule is Cc1ccccc1-c1cc2nccn2c(Nc2ncccc2C(N)=O)n1. The molecule has 3 aromatic heterocycles. The molecule has 4 rings (SSSR count). The lowest BCUT2D eigenvalue weighted by Gasteiger charge is -2.12. The minimum atomic E-state index is -0.558. The zero-order valence-corrected chi connectivity index (χ0v) is 14.0. The molecule has 26 heavy (non-hydrogen) atoms. The highest BCUT2D eigenvalue weighted by Crippen LogP contribution is 2.26. The molecule has 3 heterocycles. The van der Waals surface area contributed by atoms with Gasteiger partial charge in [0.05, 0.1) is 11.3 Å². The Morgan fingerprint density at radius 2 is 1.96 bits per heavy atom. The Labute approximate surface area is 149 Å². The maximum absolute atomic E-state index is 11.7. The predicted molar refractivity (Wildman–Crippen MR) is 99.2 cm³/mol. The summed E-state index contributed by atoms with van der Waals surface area (Å²) in [6.07, 6.45) is 5.07. The van der Waals surface area contributed by atoms with Crippen LogP contribution in [0.5, 0.6) is 0 Å². The number of nitrogens with two attached hydrogens (primary N) is 1. The number of carbonyl (C=O) groups is 1. The Morgan fingerprint density at radius 3 is 2.77 bits per heavy atom. The number of nitrogens with zero attached hydrogens (tertiary/aromatic N) is 4. The number of benzene rings is 1. The van der Waals surface area contributed by atoms with Crippen molar-refractivity contribution in [2.45, 2.75) is 6.92 Å². The van der Waals surface area contributed by atoms with Crippen LogP contribution in [0, 0.1) is 6.92 Å². The van der Waals surface area contributed by atoms with Crippen molar-refractivity contribution < 1.29 is 4.79 Å². The average molecular weight is 344 g/mol. The normalized spacial score (nSPS) is 10.8. The van der Waals surface area contributed by atoms with Crippen molar-refractivity contribution in [3.8, 4) is 11.3 Å². The van der Waals surface area contributed by atoms with Gasteiger partial charge in [-0.1, -0.05) is 24.3 Å². The highest BCUT2D eigenvalue weighted by Gasteiger charge is 2.14. The topological polar surface area (TPSA) is 98.2 Å². The van der Waals surface area contributed by atoms with Crippen molar-refractivity contribution in [1.82, 2.24) is 19.4 Å². The number of aromatic nitrogens is 4. The van der Waals surface area contributed by atoms with Gasteiger partial charge < -0.3 is 11.1 Å². The van der Waals surface area contributed by atoms with Crippen LogP contribution in [0.3, 0.4) is 0 Å². The summed E-state index contributed by atoms with van der Waals surface area (Å²) < 4.78 is 1.79. The molecule has 128 valence electrons. The number of hydrogen-bond acceptors (Lipinski definition) is 5. The summed E-state index contributed by atoms with van der Waals surface area (Å²) in [4.78, 5) is 25.0. The smallest absolute Gasteiger partial charge is 0.252 e. The van der Waals surface area contributed by atoms with Gasteiger partial charge in [0.15, 0.2) is 0 Å². The second kappa shape index (κ2) is 6.29. The van der Waals surface area contributed by atoms with E-state index in [0.29, 0.717) is 17.3 Å². The number of rotatable bonds is 4. The summed E-state index contributed by atoms with van der Waals surface area (Å²) in [6.45, 7) is 2.03. The Bertz CT molecular complexity index is 1120. The van der Waals surface area contributed by atoms with Gasteiger partial charge in [-0.2, -0.15) is 0 Å². The molecule has 0 atom stereocenters. The maximum Gasteiger partial charge on any atom is 0.252 e. The van der Waals surface area contributed by atoms with Gasteiger partial charge in [0.1, 0.15) is 11.5 Å². The summed E-state index contributed by atoms with van der Waals surface area (Å²) in [5, 5.41) is 3.11. The molecule has 0 aliphatic rings. The fourth-order valence-corrected chi connectivity index (χ4v) is 2.82. The lowest BCUT2D eigenvalue weighted by Crippen LogP contribution is -2.15. The molecule has 7 heteroatoms. The van der Waals surface area contributed by atoms with Gasteiger partial charge in [-0.3, -0.25) is 9.20 Å². The third-order valence-corrected chi connectivity index (χ3v) is 4.11. The molecule has 0 radical (unpaired) electrons. The van der Waals surface area contributed by atoms with Crippen LogP contribution >= 0.6 is 0 Å². The molecule has 0 unspecified atom stereocenters. The van der Waals surface area contributed by atoms with Gasteiger partial charge in [-0.25, -0.2) is 15.0 Å². The summed E-state index contributed by atoms with van der Waals surface area (Å²) in [5.74, 6) is 0.293. The van der Waals surface area contributed by atoms with Gasteiger partial charge in [-0.15, -0.1) is 0 Å². The van der Waals surface area contributed by atoms with E-state index in [9.17, 15) is 4.79 Å². The zero-order chi connectivity index (χ0) is 18.1. The van der Waals surface area contributed by atoms with E-state index in [1.165, 1.54) is 0 Å². The van der Waals surface area contributed by atoms with Crippen LogP contribution in [0.25, 0.3) is 16.9 Å². The highest BCUT2D eigenvalue weighted by molar-refractivity contribution is 5.98. The first-order valence-electron chi connectivity index (χ1n) is 8.05. The van der Waals surface area contributed by atoms with Crippen LogP contribution in [0.15, 0.2) is 61.1 Å². The number of nitrogens with one attached hydrogen (secondary N) is 1. The molecule has 4 aromatic rings. The number of hydrogen-bond donors (Lipinski definition) is 2. The second-order valence-corrected chi connectivity index (χ2v) is 5.82. The van der Waals surface area contributed by atoms with Gasteiger partial charge in [-0.05, 0) is 24.6 Å². The lowest BCUT2D eigenvalue weighted by atomic mass is 10.1. The third kappa shape index (κ3) is 2.75. The fourth-order valence-electron chi connectivity index (χ4n) is 2.82. The first-order chi connectivity index (χ1) is 12.6. The van der Waals surface area contributed by atoms with Crippen LogP contribution in [-0.4, -0.2) is 25.3 Å². The van der Waals surface area contributed by atoms with Crippen LogP contribution in [0.1, 0.15) is 15.9 Å². The van der Waals surface area contributed by atoms with Crippen molar-refractivity contribution in [2.75, 3.05) is 5.32 Å². The number of imidazole rings is 1. The number of amides is 1. The third-order valence-electron chi connectivity index (χ3n) is 4.11.